The maximum Gasteiger partial charge on any atom is 0.307 e. The standard InChI is InChI=1S/C11H13FO2/c1-3-8-4-7(2)5-10(12)9(8)6-11(13)14/h4-5H,3,6H2,1-2H3,(H,13,14). The minimum Gasteiger partial charge on any atom is -0.481 e. The molecule has 0 saturated carbocycles. The highest BCUT2D eigenvalue weighted by molar-refractivity contribution is 5.71. The Morgan fingerprint density at radius 3 is 2.64 bits per heavy atom. The van der Waals surface area contributed by atoms with E-state index < -0.39 is 11.8 Å². The molecule has 0 aliphatic heterocycles. The summed E-state index contributed by atoms with van der Waals surface area (Å²) in [5.41, 5.74) is 1.92. The fraction of sp³-hybridized carbons (Fsp3) is 0.364. The van der Waals surface area contributed by atoms with Crippen LogP contribution in [0.3, 0.4) is 0 Å². The van der Waals surface area contributed by atoms with E-state index in [1.165, 1.54) is 6.07 Å². The Morgan fingerprint density at radius 2 is 2.14 bits per heavy atom. The summed E-state index contributed by atoms with van der Waals surface area (Å²) in [5.74, 6) is -1.41. The summed E-state index contributed by atoms with van der Waals surface area (Å²) < 4.78 is 13.4. The van der Waals surface area contributed by atoms with Gasteiger partial charge in [0.25, 0.3) is 0 Å². The number of aliphatic carboxylic acids is 1. The average molecular weight is 196 g/mol. The molecule has 0 unspecified atom stereocenters. The van der Waals surface area contributed by atoms with Crippen molar-refractivity contribution in [1.82, 2.24) is 0 Å². The Hall–Kier alpha value is -1.38. The number of halogens is 1. The summed E-state index contributed by atoms with van der Waals surface area (Å²) in [6.07, 6.45) is 0.413. The van der Waals surface area contributed by atoms with E-state index >= 15 is 0 Å². The Bertz CT molecular complexity index is 359. The van der Waals surface area contributed by atoms with Crippen LogP contribution in [0.1, 0.15) is 23.6 Å². The third-order valence-electron chi connectivity index (χ3n) is 2.14. The van der Waals surface area contributed by atoms with Gasteiger partial charge in [0.2, 0.25) is 0 Å². The minimum absolute atomic E-state index is 0.241. The SMILES string of the molecule is CCc1cc(C)cc(F)c1CC(=O)O. The van der Waals surface area contributed by atoms with Crippen LogP contribution in [-0.2, 0) is 17.6 Å². The van der Waals surface area contributed by atoms with E-state index in [4.69, 9.17) is 5.11 Å². The van der Waals surface area contributed by atoms with Gasteiger partial charge in [0.05, 0.1) is 6.42 Å². The molecule has 0 aliphatic rings. The maximum atomic E-state index is 13.4. The molecule has 1 aromatic carbocycles. The van der Waals surface area contributed by atoms with Crippen molar-refractivity contribution in [2.45, 2.75) is 26.7 Å². The van der Waals surface area contributed by atoms with E-state index in [9.17, 15) is 9.18 Å². The van der Waals surface area contributed by atoms with Crippen molar-refractivity contribution in [3.8, 4) is 0 Å². The first-order chi connectivity index (χ1) is 6.54. The van der Waals surface area contributed by atoms with Crippen LogP contribution in [0.5, 0.6) is 0 Å². The average Bonchev–Trinajstić information content (AvgIpc) is 2.08. The summed E-state index contributed by atoms with van der Waals surface area (Å²) in [7, 11) is 0. The Morgan fingerprint density at radius 1 is 1.50 bits per heavy atom. The van der Waals surface area contributed by atoms with Crippen LogP contribution >= 0.6 is 0 Å². The molecule has 0 fully saturated rings. The van der Waals surface area contributed by atoms with Gasteiger partial charge in [-0.3, -0.25) is 4.79 Å². The predicted molar refractivity (Wildman–Crippen MR) is 51.9 cm³/mol. The molecule has 1 aromatic rings. The second-order valence-electron chi connectivity index (χ2n) is 3.31. The minimum atomic E-state index is -0.998. The van der Waals surface area contributed by atoms with Crippen molar-refractivity contribution < 1.29 is 14.3 Å². The van der Waals surface area contributed by atoms with Gasteiger partial charge in [-0.1, -0.05) is 13.0 Å². The number of hydrogen-bond acceptors (Lipinski definition) is 1. The molecule has 1 rings (SSSR count). The molecular formula is C11H13FO2. The molecule has 14 heavy (non-hydrogen) atoms. The molecule has 0 heterocycles. The van der Waals surface area contributed by atoms with Gasteiger partial charge in [0, 0.05) is 5.56 Å². The van der Waals surface area contributed by atoms with Gasteiger partial charge < -0.3 is 5.11 Å². The van der Waals surface area contributed by atoms with E-state index in [-0.39, 0.29) is 6.42 Å². The number of aryl methyl sites for hydroxylation is 2. The Balaban J connectivity index is 3.18. The van der Waals surface area contributed by atoms with Crippen LogP contribution in [0.25, 0.3) is 0 Å². The molecule has 0 saturated heterocycles. The topological polar surface area (TPSA) is 37.3 Å². The second kappa shape index (κ2) is 4.22. The molecule has 2 nitrogen and oxygen atoms in total. The highest BCUT2D eigenvalue weighted by atomic mass is 19.1. The van der Waals surface area contributed by atoms with Crippen LogP contribution in [0.15, 0.2) is 12.1 Å². The zero-order chi connectivity index (χ0) is 10.7. The Kier molecular flexibility index (Phi) is 3.23. The van der Waals surface area contributed by atoms with Crippen LogP contribution in [0.4, 0.5) is 4.39 Å². The first-order valence-electron chi connectivity index (χ1n) is 4.54. The second-order valence-corrected chi connectivity index (χ2v) is 3.31. The molecule has 0 aliphatic carbocycles. The van der Waals surface area contributed by atoms with E-state index in [1.54, 1.807) is 6.92 Å². The molecule has 0 atom stereocenters. The molecular weight excluding hydrogens is 183 g/mol. The third kappa shape index (κ3) is 2.31. The van der Waals surface area contributed by atoms with Crippen LogP contribution in [0, 0.1) is 12.7 Å². The number of carboxylic acids is 1. The van der Waals surface area contributed by atoms with E-state index in [1.807, 2.05) is 13.0 Å². The molecule has 1 N–H and O–H groups in total. The lowest BCUT2D eigenvalue weighted by Gasteiger charge is -2.08. The van der Waals surface area contributed by atoms with E-state index in [0.29, 0.717) is 12.0 Å². The third-order valence-corrected chi connectivity index (χ3v) is 2.14. The van der Waals surface area contributed by atoms with Crippen molar-refractivity contribution in [3.63, 3.8) is 0 Å². The number of carboxylic acid groups (broad SMARTS) is 1. The number of carbonyl (C=O) groups is 1. The highest BCUT2D eigenvalue weighted by Crippen LogP contribution is 2.17. The van der Waals surface area contributed by atoms with Gasteiger partial charge in [-0.15, -0.1) is 0 Å². The molecule has 3 heteroatoms. The van der Waals surface area contributed by atoms with Crippen molar-refractivity contribution >= 4 is 5.97 Å². The van der Waals surface area contributed by atoms with Gasteiger partial charge in [0.15, 0.2) is 0 Å². The summed E-state index contributed by atoms with van der Waals surface area (Å²) in [5, 5.41) is 8.61. The smallest absolute Gasteiger partial charge is 0.307 e. The molecule has 0 radical (unpaired) electrons. The summed E-state index contributed by atoms with van der Waals surface area (Å²) in [4.78, 5) is 10.5. The fourth-order valence-electron chi connectivity index (χ4n) is 1.51. The van der Waals surface area contributed by atoms with Crippen LogP contribution in [-0.4, -0.2) is 11.1 Å². The highest BCUT2D eigenvalue weighted by Gasteiger charge is 2.11. The van der Waals surface area contributed by atoms with E-state index in [0.717, 1.165) is 11.1 Å². The first kappa shape index (κ1) is 10.7. The lowest BCUT2D eigenvalue weighted by atomic mass is 9.99. The fourth-order valence-corrected chi connectivity index (χ4v) is 1.51. The van der Waals surface area contributed by atoms with Crippen molar-refractivity contribution in [1.29, 1.82) is 0 Å². The van der Waals surface area contributed by atoms with Crippen molar-refractivity contribution in [2.24, 2.45) is 0 Å². The van der Waals surface area contributed by atoms with Crippen LogP contribution in [0.2, 0.25) is 0 Å². The summed E-state index contributed by atoms with van der Waals surface area (Å²) >= 11 is 0. The largest absolute Gasteiger partial charge is 0.481 e. The van der Waals surface area contributed by atoms with Crippen LogP contribution < -0.4 is 0 Å². The summed E-state index contributed by atoms with van der Waals surface area (Å²) in [6, 6.07) is 3.21. The van der Waals surface area contributed by atoms with Gasteiger partial charge in [-0.25, -0.2) is 4.39 Å². The van der Waals surface area contributed by atoms with Crippen molar-refractivity contribution in [2.75, 3.05) is 0 Å². The molecule has 0 spiro atoms. The number of benzene rings is 1. The first-order valence-corrected chi connectivity index (χ1v) is 4.54. The van der Waals surface area contributed by atoms with Crippen molar-refractivity contribution in [3.05, 3.63) is 34.6 Å². The molecule has 0 amide bonds. The van der Waals surface area contributed by atoms with Gasteiger partial charge >= 0.3 is 5.97 Å². The number of hydrogen-bond donors (Lipinski definition) is 1. The predicted octanol–water partition coefficient (Wildman–Crippen LogP) is 2.32. The quantitative estimate of drug-likeness (QED) is 0.805. The molecule has 76 valence electrons. The Labute approximate surface area is 82.4 Å². The normalized spacial score (nSPS) is 10.2. The molecule has 0 aromatic heterocycles. The number of rotatable bonds is 3. The molecule has 0 bridgehead atoms. The zero-order valence-corrected chi connectivity index (χ0v) is 8.30. The van der Waals surface area contributed by atoms with Gasteiger partial charge in [0.1, 0.15) is 5.82 Å². The summed E-state index contributed by atoms with van der Waals surface area (Å²) in [6.45, 7) is 3.69. The lowest BCUT2D eigenvalue weighted by Crippen LogP contribution is -2.06. The zero-order valence-electron chi connectivity index (χ0n) is 8.30. The van der Waals surface area contributed by atoms with Gasteiger partial charge in [-0.05, 0) is 30.5 Å². The lowest BCUT2D eigenvalue weighted by molar-refractivity contribution is -0.136. The monoisotopic (exact) mass is 196 g/mol. The van der Waals surface area contributed by atoms with E-state index in [2.05, 4.69) is 0 Å². The maximum absolute atomic E-state index is 13.4. The van der Waals surface area contributed by atoms with Gasteiger partial charge in [-0.2, -0.15) is 0 Å².